The van der Waals surface area contributed by atoms with Crippen LogP contribution in [0.2, 0.25) is 0 Å². The van der Waals surface area contributed by atoms with Crippen molar-refractivity contribution in [1.82, 2.24) is 14.8 Å². The van der Waals surface area contributed by atoms with Crippen molar-refractivity contribution in [2.75, 3.05) is 7.11 Å². The summed E-state index contributed by atoms with van der Waals surface area (Å²) in [6.07, 6.45) is 0.866. The van der Waals surface area contributed by atoms with Crippen LogP contribution in [0, 0.1) is 6.92 Å². The van der Waals surface area contributed by atoms with E-state index in [0.717, 1.165) is 34.3 Å². The van der Waals surface area contributed by atoms with Gasteiger partial charge in [0.1, 0.15) is 11.9 Å². The van der Waals surface area contributed by atoms with E-state index in [1.54, 1.807) is 24.3 Å². The molecular formula is C29H30N4O4S. The molecule has 0 fully saturated rings. The number of rotatable bonds is 7. The zero-order chi connectivity index (χ0) is 27.6. The number of aromatic carboxylic acids is 1. The first-order valence-corrected chi connectivity index (χ1v) is 12.7. The van der Waals surface area contributed by atoms with Crippen LogP contribution < -0.4 is 0 Å². The van der Waals surface area contributed by atoms with E-state index in [1.165, 1.54) is 12.7 Å². The van der Waals surface area contributed by atoms with Crippen LogP contribution in [0.25, 0.3) is 16.2 Å². The predicted octanol–water partition coefficient (Wildman–Crippen LogP) is 5.90. The van der Waals surface area contributed by atoms with Crippen molar-refractivity contribution < 1.29 is 19.4 Å². The number of carbonyl (C=O) groups is 2. The Bertz CT molecular complexity index is 1480. The summed E-state index contributed by atoms with van der Waals surface area (Å²) in [4.78, 5) is 28.6. The van der Waals surface area contributed by atoms with Gasteiger partial charge in [-0.3, -0.25) is 14.4 Å². The zero-order valence-corrected chi connectivity index (χ0v) is 22.9. The number of hydrogen-bond donors (Lipinski definition) is 2. The van der Waals surface area contributed by atoms with Gasteiger partial charge in [0.25, 0.3) is 0 Å². The maximum absolute atomic E-state index is 12.3. The molecular weight excluding hydrogens is 500 g/mol. The number of carboxylic acid groups (broad SMARTS) is 1. The molecule has 1 aromatic heterocycles. The lowest BCUT2D eigenvalue weighted by atomic mass is 9.92. The van der Waals surface area contributed by atoms with Crippen LogP contribution in [-0.2, 0) is 9.53 Å². The number of carbonyl (C=O) groups excluding carboxylic acids is 1. The number of allylic oxidation sites excluding steroid dienone is 3. The maximum atomic E-state index is 12.3. The number of nitrogens with zero attached hydrogens (tertiary/aromatic N) is 4. The standard InChI is InChI=1S/C29H30N4O4S/c1-6-16(2)17(3)25-26(21-11-7-19(8-12-21)20-9-13-22(14-10-20)29(35)36)30-23(15-24(34)37-5)27-32-31-18(4)33(27)28(25)38/h7-14,23,38H,6,15H2,1-5H3,(H,35,36)/b17-16-/t23-/m0/s1. The molecule has 1 aliphatic rings. The summed E-state index contributed by atoms with van der Waals surface area (Å²) in [6.45, 7) is 8.09. The minimum Gasteiger partial charge on any atom is -0.478 e. The molecule has 8 nitrogen and oxygen atoms in total. The summed E-state index contributed by atoms with van der Waals surface area (Å²) in [7, 11) is 1.35. The lowest BCUT2D eigenvalue weighted by Crippen LogP contribution is -2.12. The Kier molecular flexibility index (Phi) is 7.97. The van der Waals surface area contributed by atoms with Crippen LogP contribution in [0.1, 0.15) is 67.2 Å². The van der Waals surface area contributed by atoms with E-state index in [-0.39, 0.29) is 12.0 Å². The number of aryl methyl sites for hydroxylation is 1. The molecule has 0 amide bonds. The predicted molar refractivity (Wildman–Crippen MR) is 150 cm³/mol. The van der Waals surface area contributed by atoms with E-state index in [4.69, 9.17) is 22.4 Å². The third kappa shape index (κ3) is 5.19. The highest BCUT2D eigenvalue weighted by molar-refractivity contribution is 7.90. The van der Waals surface area contributed by atoms with Gasteiger partial charge in [-0.05, 0) is 56.0 Å². The van der Waals surface area contributed by atoms with Crippen molar-refractivity contribution in [3.8, 4) is 11.1 Å². The van der Waals surface area contributed by atoms with Gasteiger partial charge in [0.2, 0.25) is 0 Å². The SMILES string of the molecule is CC/C(C)=C(/C)C1=C(S)n2c(C)nnc2[C@H](CC(=O)OC)N=C1c1ccc(-c2ccc(C(=O)O)cc2)cc1. The van der Waals surface area contributed by atoms with Gasteiger partial charge in [-0.15, -0.1) is 22.8 Å². The van der Waals surface area contributed by atoms with Crippen molar-refractivity contribution in [2.45, 2.75) is 46.6 Å². The van der Waals surface area contributed by atoms with E-state index in [0.29, 0.717) is 22.4 Å². The highest BCUT2D eigenvalue weighted by Crippen LogP contribution is 2.37. The van der Waals surface area contributed by atoms with E-state index in [2.05, 4.69) is 31.0 Å². The number of esters is 1. The Labute approximate surface area is 227 Å². The van der Waals surface area contributed by atoms with Gasteiger partial charge in [0, 0.05) is 11.1 Å². The molecule has 1 atom stereocenters. The molecule has 3 aromatic rings. The Morgan fingerprint density at radius 1 is 1.00 bits per heavy atom. The molecule has 0 saturated heterocycles. The first-order valence-electron chi connectivity index (χ1n) is 12.3. The number of hydrogen-bond acceptors (Lipinski definition) is 7. The average molecular weight is 531 g/mol. The fourth-order valence-corrected chi connectivity index (χ4v) is 4.92. The van der Waals surface area contributed by atoms with Crippen molar-refractivity contribution >= 4 is 35.3 Å². The minimum atomic E-state index is -0.960. The van der Waals surface area contributed by atoms with E-state index >= 15 is 0 Å². The lowest BCUT2D eigenvalue weighted by molar-refractivity contribution is -0.141. The summed E-state index contributed by atoms with van der Waals surface area (Å²) >= 11 is 4.96. The molecule has 9 heteroatoms. The molecule has 0 unspecified atom stereocenters. The normalized spacial score (nSPS) is 15.8. The monoisotopic (exact) mass is 530 g/mol. The van der Waals surface area contributed by atoms with Crippen molar-refractivity contribution in [1.29, 1.82) is 0 Å². The largest absolute Gasteiger partial charge is 0.478 e. The molecule has 2 aromatic carbocycles. The number of benzene rings is 2. The van der Waals surface area contributed by atoms with Gasteiger partial charge in [0.15, 0.2) is 5.82 Å². The molecule has 0 bridgehead atoms. The third-order valence-corrected chi connectivity index (χ3v) is 7.29. The van der Waals surface area contributed by atoms with Crippen LogP contribution in [0.5, 0.6) is 0 Å². The fourth-order valence-electron chi connectivity index (χ4n) is 4.40. The number of ether oxygens (including phenoxy) is 1. The van der Waals surface area contributed by atoms with E-state index < -0.39 is 18.0 Å². The topological polar surface area (TPSA) is 107 Å². The van der Waals surface area contributed by atoms with Crippen LogP contribution in [0.3, 0.4) is 0 Å². The summed E-state index contributed by atoms with van der Waals surface area (Å²) in [5, 5.41) is 18.4. The maximum Gasteiger partial charge on any atom is 0.335 e. The van der Waals surface area contributed by atoms with E-state index in [9.17, 15) is 14.7 Å². The highest BCUT2D eigenvalue weighted by Gasteiger charge is 2.31. The molecule has 0 spiro atoms. The van der Waals surface area contributed by atoms with Gasteiger partial charge in [-0.1, -0.05) is 48.9 Å². The van der Waals surface area contributed by atoms with Gasteiger partial charge >= 0.3 is 11.9 Å². The number of aliphatic imine (C=N–C) groups is 1. The summed E-state index contributed by atoms with van der Waals surface area (Å²) in [5.74, 6) is -0.178. The highest BCUT2D eigenvalue weighted by atomic mass is 32.1. The first kappa shape index (κ1) is 27.1. The molecule has 196 valence electrons. The molecule has 1 N–H and O–H groups in total. The molecule has 1 aliphatic heterocycles. The van der Waals surface area contributed by atoms with Gasteiger partial charge in [-0.25, -0.2) is 4.79 Å². The first-order chi connectivity index (χ1) is 18.2. The Morgan fingerprint density at radius 3 is 2.13 bits per heavy atom. The van der Waals surface area contributed by atoms with Crippen LogP contribution in [0.15, 0.2) is 70.2 Å². The third-order valence-electron chi connectivity index (χ3n) is 6.86. The molecule has 0 saturated carbocycles. The average Bonchev–Trinajstić information content (AvgIpc) is 3.27. The van der Waals surface area contributed by atoms with Gasteiger partial charge in [0.05, 0.1) is 29.8 Å². The number of aromatic nitrogens is 3. The summed E-state index contributed by atoms with van der Waals surface area (Å²) < 4.78 is 6.81. The second-order valence-electron chi connectivity index (χ2n) is 9.13. The van der Waals surface area contributed by atoms with Gasteiger partial charge in [-0.2, -0.15) is 0 Å². The van der Waals surface area contributed by atoms with Crippen LogP contribution in [0.4, 0.5) is 0 Å². The number of methoxy groups -OCH3 is 1. The Morgan fingerprint density at radius 2 is 1.58 bits per heavy atom. The zero-order valence-electron chi connectivity index (χ0n) is 22.0. The Balaban J connectivity index is 1.88. The van der Waals surface area contributed by atoms with Crippen LogP contribution >= 0.6 is 12.6 Å². The molecule has 0 aliphatic carbocycles. The smallest absolute Gasteiger partial charge is 0.335 e. The number of thiol groups is 1. The summed E-state index contributed by atoms with van der Waals surface area (Å²) in [5.41, 5.74) is 6.71. The van der Waals surface area contributed by atoms with Crippen LogP contribution in [-0.4, -0.2) is 44.6 Å². The van der Waals surface area contributed by atoms with Gasteiger partial charge < -0.3 is 9.84 Å². The molecule has 38 heavy (non-hydrogen) atoms. The van der Waals surface area contributed by atoms with Crippen molar-refractivity contribution in [3.05, 3.63) is 88.0 Å². The molecule has 2 heterocycles. The van der Waals surface area contributed by atoms with Crippen molar-refractivity contribution in [2.24, 2.45) is 4.99 Å². The minimum absolute atomic E-state index is 0.00992. The van der Waals surface area contributed by atoms with Crippen molar-refractivity contribution in [3.63, 3.8) is 0 Å². The fraction of sp³-hybridized carbons (Fsp3) is 0.276. The number of fused-ring (bicyclic) bond motifs is 1. The second-order valence-corrected chi connectivity index (χ2v) is 9.56. The number of carboxylic acids is 1. The molecule has 0 radical (unpaired) electrons. The second kappa shape index (κ2) is 11.2. The Hall–Kier alpha value is -3.98. The molecule has 4 rings (SSSR count). The van der Waals surface area contributed by atoms with E-state index in [1.807, 2.05) is 35.8 Å². The quantitative estimate of drug-likeness (QED) is 0.291. The lowest BCUT2D eigenvalue weighted by Gasteiger charge is -2.17. The summed E-state index contributed by atoms with van der Waals surface area (Å²) in [6, 6.07) is 14.0.